The molecule has 2 aliphatic carbocycles. The molecule has 2 aliphatic rings. The molecule has 0 amide bonds. The van der Waals surface area contributed by atoms with Crippen molar-refractivity contribution in [2.45, 2.75) is 43.9 Å². The molecular weight excluding hydrogens is 296 g/mol. The molecular formula is C19H23ClO2. The van der Waals surface area contributed by atoms with E-state index in [9.17, 15) is 4.79 Å². The van der Waals surface area contributed by atoms with Crippen LogP contribution in [0.3, 0.4) is 0 Å². The Kier molecular flexibility index (Phi) is 4.87. The number of carbonyl (C=O) groups is 1. The first kappa shape index (κ1) is 15.6. The van der Waals surface area contributed by atoms with E-state index in [0.717, 1.165) is 29.7 Å². The van der Waals surface area contributed by atoms with Crippen LogP contribution in [-0.2, 0) is 4.79 Å². The Morgan fingerprint density at radius 1 is 1.14 bits per heavy atom. The maximum atomic E-state index is 12.6. The molecule has 1 aromatic carbocycles. The van der Waals surface area contributed by atoms with Crippen molar-refractivity contribution in [3.8, 4) is 5.75 Å². The van der Waals surface area contributed by atoms with Crippen LogP contribution < -0.4 is 4.74 Å². The average Bonchev–Trinajstić information content (AvgIpc) is 3.07. The second-order valence-electron chi connectivity index (χ2n) is 6.46. The fourth-order valence-electron chi connectivity index (χ4n) is 3.87. The summed E-state index contributed by atoms with van der Waals surface area (Å²) in [7, 11) is 1.65. The summed E-state index contributed by atoms with van der Waals surface area (Å²) in [5, 5.41) is -0.332. The lowest BCUT2D eigenvalue weighted by atomic mass is 9.76. The van der Waals surface area contributed by atoms with Crippen molar-refractivity contribution < 1.29 is 9.53 Å². The zero-order chi connectivity index (χ0) is 15.5. The number of Topliss-reactive ketones (excluding diaryl/α,β-unsaturated/α-hetero) is 1. The number of hydrogen-bond acceptors (Lipinski definition) is 2. The Bertz CT molecular complexity index is 555. The van der Waals surface area contributed by atoms with Gasteiger partial charge in [0.2, 0.25) is 0 Å². The lowest BCUT2D eigenvalue weighted by Crippen LogP contribution is -2.34. The maximum absolute atomic E-state index is 12.6. The topological polar surface area (TPSA) is 26.3 Å². The zero-order valence-corrected chi connectivity index (χ0v) is 13.8. The summed E-state index contributed by atoms with van der Waals surface area (Å²) in [6, 6.07) is 7.79. The van der Waals surface area contributed by atoms with Crippen molar-refractivity contribution in [2.24, 2.45) is 11.8 Å². The molecule has 3 rings (SSSR count). The van der Waals surface area contributed by atoms with E-state index >= 15 is 0 Å². The minimum atomic E-state index is -0.332. The number of methoxy groups -OCH3 is 1. The zero-order valence-electron chi connectivity index (χ0n) is 13.1. The number of rotatable bonds is 3. The summed E-state index contributed by atoms with van der Waals surface area (Å²) in [5.74, 6) is 2.01. The highest BCUT2D eigenvalue weighted by Crippen LogP contribution is 2.42. The molecule has 0 bridgehead atoms. The van der Waals surface area contributed by atoms with Crippen LogP contribution in [0.2, 0.25) is 0 Å². The third-order valence-electron chi connectivity index (χ3n) is 5.15. The molecule has 2 saturated carbocycles. The van der Waals surface area contributed by atoms with Gasteiger partial charge < -0.3 is 4.74 Å². The minimum Gasteiger partial charge on any atom is -0.497 e. The number of ketones is 1. The monoisotopic (exact) mass is 318 g/mol. The molecule has 22 heavy (non-hydrogen) atoms. The number of halogens is 1. The second kappa shape index (κ2) is 6.87. The van der Waals surface area contributed by atoms with Crippen LogP contribution in [0.5, 0.6) is 5.75 Å². The van der Waals surface area contributed by atoms with E-state index < -0.39 is 0 Å². The second-order valence-corrected chi connectivity index (χ2v) is 6.93. The summed E-state index contributed by atoms with van der Waals surface area (Å²) in [5.41, 5.74) is 1.91. The molecule has 0 N–H and O–H groups in total. The van der Waals surface area contributed by atoms with Gasteiger partial charge in [0.1, 0.15) is 5.75 Å². The Balaban J connectivity index is 1.72. The molecule has 3 heteroatoms. The van der Waals surface area contributed by atoms with Crippen LogP contribution in [0.25, 0.3) is 6.08 Å². The molecule has 2 atom stereocenters. The number of carbonyl (C=O) groups excluding carboxylic acids is 1. The van der Waals surface area contributed by atoms with E-state index in [2.05, 4.69) is 0 Å². The maximum Gasteiger partial charge on any atom is 0.176 e. The first-order chi connectivity index (χ1) is 10.7. The minimum absolute atomic E-state index is 0.139. The van der Waals surface area contributed by atoms with Gasteiger partial charge in [-0.15, -0.1) is 11.6 Å². The van der Waals surface area contributed by atoms with Crippen molar-refractivity contribution in [1.82, 2.24) is 0 Å². The fraction of sp³-hybridized carbons (Fsp3) is 0.526. The number of hydrogen-bond donors (Lipinski definition) is 0. The molecule has 2 fully saturated rings. The third kappa shape index (κ3) is 3.22. The van der Waals surface area contributed by atoms with Crippen LogP contribution in [-0.4, -0.2) is 18.3 Å². The highest BCUT2D eigenvalue weighted by atomic mass is 35.5. The van der Waals surface area contributed by atoms with Gasteiger partial charge in [-0.1, -0.05) is 37.8 Å². The SMILES string of the molecule is COc1ccc(C=C2CCC(C3CCCC3)C(Cl)C2=O)cc1. The summed E-state index contributed by atoms with van der Waals surface area (Å²) >= 11 is 6.51. The van der Waals surface area contributed by atoms with Crippen molar-refractivity contribution in [1.29, 1.82) is 0 Å². The Morgan fingerprint density at radius 3 is 2.45 bits per heavy atom. The molecule has 0 heterocycles. The van der Waals surface area contributed by atoms with Gasteiger partial charge in [-0.3, -0.25) is 4.79 Å². The summed E-state index contributed by atoms with van der Waals surface area (Å²) in [6.07, 6.45) is 8.99. The van der Waals surface area contributed by atoms with Crippen LogP contribution in [0.15, 0.2) is 29.8 Å². The van der Waals surface area contributed by atoms with Gasteiger partial charge in [-0.25, -0.2) is 0 Å². The normalized spacial score (nSPS) is 28.3. The van der Waals surface area contributed by atoms with Gasteiger partial charge in [-0.2, -0.15) is 0 Å². The summed E-state index contributed by atoms with van der Waals surface area (Å²) < 4.78 is 5.16. The standard InChI is InChI=1S/C19H23ClO2/c1-22-16-9-6-13(7-10-16)12-15-8-11-17(18(20)19(15)21)14-4-2-3-5-14/h6-7,9-10,12,14,17-18H,2-5,8,11H2,1H3. The van der Waals surface area contributed by atoms with Gasteiger partial charge in [-0.05, 0) is 54.0 Å². The number of benzene rings is 1. The average molecular weight is 319 g/mol. The quantitative estimate of drug-likeness (QED) is 0.588. The Hall–Kier alpha value is -1.28. The van der Waals surface area contributed by atoms with E-state index in [-0.39, 0.29) is 11.2 Å². The highest BCUT2D eigenvalue weighted by molar-refractivity contribution is 6.34. The van der Waals surface area contributed by atoms with Gasteiger partial charge in [0.05, 0.1) is 12.5 Å². The van der Waals surface area contributed by atoms with E-state index in [4.69, 9.17) is 16.3 Å². The number of allylic oxidation sites excluding steroid dienone is 1. The molecule has 0 spiro atoms. The van der Waals surface area contributed by atoms with Crippen LogP contribution in [0, 0.1) is 11.8 Å². The van der Waals surface area contributed by atoms with E-state index in [1.165, 1.54) is 25.7 Å². The molecule has 0 saturated heterocycles. The largest absolute Gasteiger partial charge is 0.497 e. The van der Waals surface area contributed by atoms with Gasteiger partial charge in [0.15, 0.2) is 5.78 Å². The number of alkyl halides is 1. The van der Waals surface area contributed by atoms with Gasteiger partial charge in [0.25, 0.3) is 0 Å². The number of ether oxygens (including phenoxy) is 1. The van der Waals surface area contributed by atoms with Gasteiger partial charge in [0, 0.05) is 0 Å². The van der Waals surface area contributed by atoms with Crippen molar-refractivity contribution in [2.75, 3.05) is 7.11 Å². The van der Waals surface area contributed by atoms with Crippen LogP contribution >= 0.6 is 11.6 Å². The summed E-state index contributed by atoms with van der Waals surface area (Å²) in [4.78, 5) is 12.6. The smallest absolute Gasteiger partial charge is 0.176 e. The van der Waals surface area contributed by atoms with Crippen molar-refractivity contribution >= 4 is 23.5 Å². The van der Waals surface area contributed by atoms with Crippen LogP contribution in [0.1, 0.15) is 44.1 Å². The third-order valence-corrected chi connectivity index (χ3v) is 5.67. The molecule has 0 aromatic heterocycles. The lowest BCUT2D eigenvalue weighted by Gasteiger charge is -2.32. The van der Waals surface area contributed by atoms with E-state index in [1.807, 2.05) is 30.3 Å². The van der Waals surface area contributed by atoms with E-state index in [1.54, 1.807) is 7.11 Å². The fourth-order valence-corrected chi connectivity index (χ4v) is 4.34. The van der Waals surface area contributed by atoms with Crippen molar-refractivity contribution in [3.05, 3.63) is 35.4 Å². The lowest BCUT2D eigenvalue weighted by molar-refractivity contribution is -0.117. The van der Waals surface area contributed by atoms with Crippen LogP contribution in [0.4, 0.5) is 0 Å². The first-order valence-electron chi connectivity index (χ1n) is 8.22. The molecule has 118 valence electrons. The molecule has 1 aromatic rings. The molecule has 2 nitrogen and oxygen atoms in total. The predicted octanol–water partition coefficient (Wildman–Crippen LogP) is 4.86. The molecule has 0 aliphatic heterocycles. The predicted molar refractivity (Wildman–Crippen MR) is 90.3 cm³/mol. The Morgan fingerprint density at radius 2 is 1.82 bits per heavy atom. The molecule has 2 unspecified atom stereocenters. The molecule has 0 radical (unpaired) electrons. The van der Waals surface area contributed by atoms with E-state index in [0.29, 0.717) is 11.8 Å². The Labute approximate surface area is 137 Å². The van der Waals surface area contributed by atoms with Crippen molar-refractivity contribution in [3.63, 3.8) is 0 Å². The first-order valence-corrected chi connectivity index (χ1v) is 8.65. The summed E-state index contributed by atoms with van der Waals surface area (Å²) in [6.45, 7) is 0. The van der Waals surface area contributed by atoms with Gasteiger partial charge >= 0.3 is 0 Å². The highest BCUT2D eigenvalue weighted by Gasteiger charge is 2.38.